The molecule has 0 aliphatic carbocycles. The zero-order valence-electron chi connectivity index (χ0n) is 11.9. The van der Waals surface area contributed by atoms with Gasteiger partial charge in [0.1, 0.15) is 11.8 Å². The van der Waals surface area contributed by atoms with Crippen molar-refractivity contribution in [3.05, 3.63) is 28.2 Å². The second kappa shape index (κ2) is 6.91. The summed E-state index contributed by atoms with van der Waals surface area (Å²) in [6.07, 6.45) is 0. The molecule has 2 amide bonds. The maximum atomic E-state index is 12.7. The van der Waals surface area contributed by atoms with E-state index in [1.165, 1.54) is 4.90 Å². The van der Waals surface area contributed by atoms with E-state index in [4.69, 9.17) is 9.47 Å². The molecule has 0 saturated carbocycles. The first-order chi connectivity index (χ1) is 10.1. The summed E-state index contributed by atoms with van der Waals surface area (Å²) in [5.74, 6) is 0.131. The molecule has 21 heavy (non-hydrogen) atoms. The number of hydrogen-bond acceptors (Lipinski definition) is 4. The third kappa shape index (κ3) is 3.36. The van der Waals surface area contributed by atoms with Crippen LogP contribution in [0.25, 0.3) is 0 Å². The molecule has 1 atom stereocenters. The molecule has 1 aromatic carbocycles. The standard InChI is InChI=1S/C14H17BrN2O4/c1-16-13(18)12-8-21-6-5-17(12)14(19)10-7-9(20-2)3-4-11(10)15/h3-4,7,12H,5-6,8H2,1-2H3,(H,16,18). The number of halogens is 1. The lowest BCUT2D eigenvalue weighted by molar-refractivity contribution is -0.130. The third-order valence-electron chi connectivity index (χ3n) is 3.34. The number of morpholine rings is 1. The van der Waals surface area contributed by atoms with Crippen LogP contribution in [0.3, 0.4) is 0 Å². The summed E-state index contributed by atoms with van der Waals surface area (Å²) in [4.78, 5) is 26.2. The van der Waals surface area contributed by atoms with Crippen molar-refractivity contribution in [1.82, 2.24) is 10.2 Å². The fourth-order valence-corrected chi connectivity index (χ4v) is 2.60. The van der Waals surface area contributed by atoms with Gasteiger partial charge < -0.3 is 19.7 Å². The fraction of sp³-hybridized carbons (Fsp3) is 0.429. The van der Waals surface area contributed by atoms with Crippen molar-refractivity contribution in [2.45, 2.75) is 6.04 Å². The minimum absolute atomic E-state index is 0.201. The highest BCUT2D eigenvalue weighted by Crippen LogP contribution is 2.25. The number of likely N-dealkylation sites (N-methyl/N-ethyl adjacent to an activating group) is 1. The predicted octanol–water partition coefficient (Wildman–Crippen LogP) is 1.04. The van der Waals surface area contributed by atoms with Crippen LogP contribution in [0.4, 0.5) is 0 Å². The van der Waals surface area contributed by atoms with E-state index in [1.807, 2.05) is 0 Å². The Morgan fingerprint density at radius 3 is 2.90 bits per heavy atom. The quantitative estimate of drug-likeness (QED) is 0.878. The van der Waals surface area contributed by atoms with Gasteiger partial charge in [0.25, 0.3) is 5.91 Å². The molecular weight excluding hydrogens is 340 g/mol. The van der Waals surface area contributed by atoms with E-state index in [1.54, 1.807) is 32.4 Å². The molecule has 1 saturated heterocycles. The van der Waals surface area contributed by atoms with Crippen LogP contribution in [0.5, 0.6) is 5.75 Å². The number of methoxy groups -OCH3 is 1. The molecule has 1 N–H and O–H groups in total. The normalized spacial score (nSPS) is 18.2. The molecule has 0 aromatic heterocycles. The number of amides is 2. The van der Waals surface area contributed by atoms with Gasteiger partial charge in [0, 0.05) is 18.1 Å². The number of carbonyl (C=O) groups is 2. The van der Waals surface area contributed by atoms with Gasteiger partial charge in [-0.2, -0.15) is 0 Å². The molecule has 0 spiro atoms. The lowest BCUT2D eigenvalue weighted by Crippen LogP contribution is -2.55. The van der Waals surface area contributed by atoms with E-state index in [-0.39, 0.29) is 18.4 Å². The van der Waals surface area contributed by atoms with Gasteiger partial charge in [0.15, 0.2) is 0 Å². The molecule has 0 bridgehead atoms. The largest absolute Gasteiger partial charge is 0.497 e. The molecule has 1 unspecified atom stereocenters. The third-order valence-corrected chi connectivity index (χ3v) is 4.03. The van der Waals surface area contributed by atoms with Crippen LogP contribution in [0, 0.1) is 0 Å². The van der Waals surface area contributed by atoms with Gasteiger partial charge in [-0.05, 0) is 34.1 Å². The van der Waals surface area contributed by atoms with Gasteiger partial charge in [0.05, 0.1) is 25.9 Å². The monoisotopic (exact) mass is 356 g/mol. The van der Waals surface area contributed by atoms with Gasteiger partial charge >= 0.3 is 0 Å². The number of hydrogen-bond donors (Lipinski definition) is 1. The molecule has 1 aliphatic heterocycles. The maximum absolute atomic E-state index is 12.7. The van der Waals surface area contributed by atoms with Crippen molar-refractivity contribution in [1.29, 1.82) is 0 Å². The molecule has 1 heterocycles. The summed E-state index contributed by atoms with van der Waals surface area (Å²) >= 11 is 3.37. The molecule has 0 radical (unpaired) electrons. The van der Waals surface area contributed by atoms with Crippen LogP contribution in [0.2, 0.25) is 0 Å². The smallest absolute Gasteiger partial charge is 0.255 e. The van der Waals surface area contributed by atoms with Gasteiger partial charge in [-0.3, -0.25) is 9.59 Å². The van der Waals surface area contributed by atoms with Crippen molar-refractivity contribution in [3.63, 3.8) is 0 Å². The topological polar surface area (TPSA) is 67.9 Å². The summed E-state index contributed by atoms with van der Waals surface area (Å²) in [6, 6.07) is 4.55. The Balaban J connectivity index is 2.30. The summed E-state index contributed by atoms with van der Waals surface area (Å²) in [7, 11) is 3.08. The van der Waals surface area contributed by atoms with Gasteiger partial charge in [0.2, 0.25) is 5.91 Å². The van der Waals surface area contributed by atoms with Gasteiger partial charge in [-0.15, -0.1) is 0 Å². The lowest BCUT2D eigenvalue weighted by atomic mass is 10.1. The number of ether oxygens (including phenoxy) is 2. The van der Waals surface area contributed by atoms with Crippen molar-refractivity contribution < 1.29 is 19.1 Å². The molecular formula is C14H17BrN2O4. The average molecular weight is 357 g/mol. The summed E-state index contributed by atoms with van der Waals surface area (Å²) in [6.45, 7) is 0.994. The fourth-order valence-electron chi connectivity index (χ4n) is 2.18. The van der Waals surface area contributed by atoms with Crippen LogP contribution >= 0.6 is 15.9 Å². The first-order valence-corrected chi connectivity index (χ1v) is 7.31. The SMILES string of the molecule is CNC(=O)C1COCCN1C(=O)c1cc(OC)ccc1Br. The number of rotatable bonds is 3. The molecule has 2 rings (SSSR count). The van der Waals surface area contributed by atoms with Crippen LogP contribution in [0.1, 0.15) is 10.4 Å². The molecule has 1 aliphatic rings. The van der Waals surface area contributed by atoms with E-state index in [2.05, 4.69) is 21.2 Å². The van der Waals surface area contributed by atoms with Crippen LogP contribution in [-0.4, -0.2) is 56.7 Å². The summed E-state index contributed by atoms with van der Waals surface area (Å²) in [5.41, 5.74) is 0.463. The average Bonchev–Trinajstić information content (AvgIpc) is 2.54. The second-order valence-electron chi connectivity index (χ2n) is 4.55. The van der Waals surface area contributed by atoms with E-state index in [9.17, 15) is 9.59 Å². The van der Waals surface area contributed by atoms with Crippen molar-refractivity contribution in [2.75, 3.05) is 33.9 Å². The van der Waals surface area contributed by atoms with Crippen LogP contribution in [-0.2, 0) is 9.53 Å². The number of benzene rings is 1. The molecule has 1 aromatic rings. The Labute approximate surface area is 131 Å². The highest BCUT2D eigenvalue weighted by Gasteiger charge is 2.33. The maximum Gasteiger partial charge on any atom is 0.255 e. The zero-order valence-corrected chi connectivity index (χ0v) is 13.5. The summed E-state index contributed by atoms with van der Waals surface area (Å²) < 4.78 is 11.1. The molecule has 1 fully saturated rings. The Morgan fingerprint density at radius 2 is 2.24 bits per heavy atom. The van der Waals surface area contributed by atoms with E-state index in [0.29, 0.717) is 28.9 Å². The lowest BCUT2D eigenvalue weighted by Gasteiger charge is -2.34. The van der Waals surface area contributed by atoms with E-state index < -0.39 is 6.04 Å². The van der Waals surface area contributed by atoms with E-state index >= 15 is 0 Å². The number of nitrogens with one attached hydrogen (secondary N) is 1. The Kier molecular flexibility index (Phi) is 5.19. The van der Waals surface area contributed by atoms with Gasteiger partial charge in [-0.1, -0.05) is 0 Å². The highest BCUT2D eigenvalue weighted by atomic mass is 79.9. The van der Waals surface area contributed by atoms with Crippen molar-refractivity contribution in [3.8, 4) is 5.75 Å². The highest BCUT2D eigenvalue weighted by molar-refractivity contribution is 9.10. The molecule has 7 heteroatoms. The van der Waals surface area contributed by atoms with Crippen molar-refractivity contribution in [2.24, 2.45) is 0 Å². The Hall–Kier alpha value is -1.60. The molecule has 114 valence electrons. The van der Waals surface area contributed by atoms with E-state index in [0.717, 1.165) is 0 Å². The molecule has 6 nitrogen and oxygen atoms in total. The Bertz CT molecular complexity index is 550. The van der Waals surface area contributed by atoms with Crippen LogP contribution < -0.4 is 10.1 Å². The minimum atomic E-state index is -0.616. The van der Waals surface area contributed by atoms with Crippen LogP contribution in [0.15, 0.2) is 22.7 Å². The zero-order chi connectivity index (χ0) is 15.4. The minimum Gasteiger partial charge on any atom is -0.497 e. The Morgan fingerprint density at radius 1 is 1.48 bits per heavy atom. The predicted molar refractivity (Wildman–Crippen MR) is 80.4 cm³/mol. The van der Waals surface area contributed by atoms with Gasteiger partial charge in [-0.25, -0.2) is 0 Å². The number of carbonyl (C=O) groups excluding carboxylic acids is 2. The second-order valence-corrected chi connectivity index (χ2v) is 5.40. The van der Waals surface area contributed by atoms with Crippen molar-refractivity contribution >= 4 is 27.7 Å². The first-order valence-electron chi connectivity index (χ1n) is 6.52. The first kappa shape index (κ1) is 15.8. The number of nitrogens with zero attached hydrogens (tertiary/aromatic N) is 1. The summed E-state index contributed by atoms with van der Waals surface area (Å²) in [5, 5.41) is 2.56.